The van der Waals surface area contributed by atoms with Crippen molar-refractivity contribution in [2.75, 3.05) is 12.4 Å². The molecule has 0 fully saturated rings. The number of amides is 1. The summed E-state index contributed by atoms with van der Waals surface area (Å²) in [5.74, 6) is -1.84. The number of aromatic nitrogens is 1. The molecular weight excluding hydrogens is 460 g/mol. The van der Waals surface area contributed by atoms with E-state index in [1.54, 1.807) is 42.5 Å². The van der Waals surface area contributed by atoms with Crippen molar-refractivity contribution in [3.8, 4) is 17.2 Å². The molecule has 0 saturated heterocycles. The highest BCUT2D eigenvalue weighted by Crippen LogP contribution is 2.32. The van der Waals surface area contributed by atoms with Crippen molar-refractivity contribution in [2.45, 2.75) is 0 Å². The van der Waals surface area contributed by atoms with Crippen molar-refractivity contribution >= 4 is 51.6 Å². The Labute approximate surface area is 191 Å². The quantitative estimate of drug-likeness (QED) is 0.298. The maximum atomic E-state index is 13.6. The zero-order chi connectivity index (χ0) is 22.8. The molecular formula is C22H14ClF2N3O3S. The van der Waals surface area contributed by atoms with Gasteiger partial charge in [0.1, 0.15) is 11.3 Å². The van der Waals surface area contributed by atoms with E-state index in [4.69, 9.17) is 33.0 Å². The summed E-state index contributed by atoms with van der Waals surface area (Å²) in [5, 5.41) is 5.52. The summed E-state index contributed by atoms with van der Waals surface area (Å²) in [7, 11) is 1.54. The van der Waals surface area contributed by atoms with Gasteiger partial charge in [0.2, 0.25) is 5.89 Å². The van der Waals surface area contributed by atoms with Crippen molar-refractivity contribution in [3.63, 3.8) is 0 Å². The third-order valence-corrected chi connectivity index (χ3v) is 4.98. The fourth-order valence-electron chi connectivity index (χ4n) is 2.89. The first kappa shape index (κ1) is 21.7. The second-order valence-corrected chi connectivity index (χ2v) is 7.40. The Morgan fingerprint density at radius 1 is 1.09 bits per heavy atom. The molecule has 6 nitrogen and oxygen atoms in total. The Hall–Kier alpha value is -3.56. The van der Waals surface area contributed by atoms with Crippen LogP contribution in [-0.2, 0) is 0 Å². The van der Waals surface area contributed by atoms with Gasteiger partial charge in [0.15, 0.2) is 22.3 Å². The lowest BCUT2D eigenvalue weighted by atomic mass is 10.2. The lowest BCUT2D eigenvalue weighted by Gasteiger charge is -2.09. The largest absolute Gasteiger partial charge is 0.497 e. The molecule has 0 saturated carbocycles. The van der Waals surface area contributed by atoms with Gasteiger partial charge in [0, 0.05) is 11.3 Å². The molecule has 1 aromatic heterocycles. The number of anilines is 1. The normalized spacial score (nSPS) is 10.8. The molecule has 1 amide bonds. The van der Waals surface area contributed by atoms with E-state index in [9.17, 15) is 13.6 Å². The van der Waals surface area contributed by atoms with Crippen LogP contribution in [0.5, 0.6) is 5.75 Å². The molecule has 2 N–H and O–H groups in total. The van der Waals surface area contributed by atoms with Gasteiger partial charge in [0.25, 0.3) is 5.91 Å². The summed E-state index contributed by atoms with van der Waals surface area (Å²) in [6.45, 7) is 0. The molecule has 0 radical (unpaired) electrons. The van der Waals surface area contributed by atoms with Gasteiger partial charge in [-0.25, -0.2) is 13.8 Å². The fraction of sp³-hybridized carbons (Fsp3) is 0.0455. The zero-order valence-electron chi connectivity index (χ0n) is 16.4. The molecule has 0 aliphatic heterocycles. The highest BCUT2D eigenvalue weighted by Gasteiger charge is 2.16. The van der Waals surface area contributed by atoms with Crippen LogP contribution >= 0.6 is 23.8 Å². The monoisotopic (exact) mass is 473 g/mol. The van der Waals surface area contributed by atoms with Gasteiger partial charge in [-0.2, -0.15) is 0 Å². The van der Waals surface area contributed by atoms with Crippen LogP contribution in [0.3, 0.4) is 0 Å². The smallest absolute Gasteiger partial charge is 0.257 e. The summed E-state index contributed by atoms with van der Waals surface area (Å²) in [4.78, 5) is 16.6. The van der Waals surface area contributed by atoms with Gasteiger partial charge < -0.3 is 14.5 Å². The highest BCUT2D eigenvalue weighted by molar-refractivity contribution is 7.80. The minimum Gasteiger partial charge on any atom is -0.497 e. The van der Waals surface area contributed by atoms with Crippen molar-refractivity contribution in [3.05, 3.63) is 76.8 Å². The number of carbonyl (C=O) groups excluding carboxylic acids is 1. The van der Waals surface area contributed by atoms with Crippen molar-refractivity contribution in [1.29, 1.82) is 0 Å². The van der Waals surface area contributed by atoms with Crippen LogP contribution < -0.4 is 15.4 Å². The summed E-state index contributed by atoms with van der Waals surface area (Å²) < 4.78 is 37.6. The van der Waals surface area contributed by atoms with Crippen molar-refractivity contribution in [2.24, 2.45) is 0 Å². The number of methoxy groups -OCH3 is 1. The molecule has 0 aliphatic carbocycles. The molecule has 0 atom stereocenters. The second kappa shape index (κ2) is 8.89. The molecule has 10 heteroatoms. The third kappa shape index (κ3) is 4.53. The molecule has 32 heavy (non-hydrogen) atoms. The van der Waals surface area contributed by atoms with E-state index in [-0.39, 0.29) is 27.5 Å². The number of hydrogen-bond acceptors (Lipinski definition) is 5. The molecule has 0 bridgehead atoms. The number of rotatable bonds is 4. The maximum absolute atomic E-state index is 13.6. The first-order valence-corrected chi connectivity index (χ1v) is 9.94. The lowest BCUT2D eigenvalue weighted by molar-refractivity contribution is 0.0977. The van der Waals surface area contributed by atoms with Gasteiger partial charge in [-0.1, -0.05) is 11.6 Å². The Bertz CT molecular complexity index is 1340. The van der Waals surface area contributed by atoms with E-state index in [0.717, 1.165) is 12.1 Å². The molecule has 0 aliphatic rings. The van der Waals surface area contributed by atoms with Gasteiger partial charge in [0.05, 0.1) is 17.7 Å². The zero-order valence-corrected chi connectivity index (χ0v) is 18.0. The Morgan fingerprint density at radius 2 is 1.81 bits per heavy atom. The lowest BCUT2D eigenvalue weighted by Crippen LogP contribution is -2.34. The summed E-state index contributed by atoms with van der Waals surface area (Å²) in [5.41, 5.74) is 1.90. The number of nitrogens with zero attached hydrogens (tertiary/aromatic N) is 1. The van der Waals surface area contributed by atoms with Crippen molar-refractivity contribution < 1.29 is 22.7 Å². The highest BCUT2D eigenvalue weighted by atomic mass is 35.5. The average molecular weight is 474 g/mol. The minimum absolute atomic E-state index is 0.0313. The minimum atomic E-state index is -1.06. The average Bonchev–Trinajstić information content (AvgIpc) is 3.19. The number of ether oxygens (including phenoxy) is 1. The number of halogens is 3. The van der Waals surface area contributed by atoms with Gasteiger partial charge in [-0.15, -0.1) is 0 Å². The molecule has 162 valence electrons. The third-order valence-electron chi connectivity index (χ3n) is 4.47. The van der Waals surface area contributed by atoms with Crippen LogP contribution in [0.25, 0.3) is 22.6 Å². The Morgan fingerprint density at radius 3 is 2.53 bits per heavy atom. The molecule has 0 unspecified atom stereocenters. The first-order chi connectivity index (χ1) is 15.3. The predicted molar refractivity (Wildman–Crippen MR) is 121 cm³/mol. The van der Waals surface area contributed by atoms with Gasteiger partial charge in [-0.3, -0.25) is 10.1 Å². The molecule has 4 aromatic rings. The fourth-order valence-corrected chi connectivity index (χ4v) is 3.33. The molecule has 0 spiro atoms. The standard InChI is InChI=1S/C22H14ClF2N3O3S/c1-30-13-5-2-11(3-6-13)20(29)28-22(32)26-12-4-7-19-18(8-12)27-21(31-19)14-9-16(24)17(25)10-15(14)23/h2-10H,1H3,(H2,26,28,29,32). The number of thiocarbonyl (C=S) groups is 1. The van der Waals surface area contributed by atoms with Crippen LogP contribution in [0.1, 0.15) is 10.4 Å². The van der Waals surface area contributed by atoms with Crippen LogP contribution in [0.4, 0.5) is 14.5 Å². The first-order valence-electron chi connectivity index (χ1n) is 9.16. The second-order valence-electron chi connectivity index (χ2n) is 6.58. The van der Waals surface area contributed by atoms with Gasteiger partial charge in [-0.05, 0) is 66.8 Å². The number of hydrogen-bond donors (Lipinski definition) is 2. The SMILES string of the molecule is COc1ccc(C(=O)NC(=S)Nc2ccc3oc(-c4cc(F)c(F)cc4Cl)nc3c2)cc1. The van der Waals surface area contributed by atoms with E-state index in [0.29, 0.717) is 28.1 Å². The van der Waals surface area contributed by atoms with Crippen LogP contribution in [0, 0.1) is 11.6 Å². The number of carbonyl (C=O) groups is 1. The summed E-state index contributed by atoms with van der Waals surface area (Å²) in [6, 6.07) is 13.3. The summed E-state index contributed by atoms with van der Waals surface area (Å²) >= 11 is 11.2. The Balaban J connectivity index is 1.49. The topological polar surface area (TPSA) is 76.4 Å². The number of nitrogens with one attached hydrogen (secondary N) is 2. The summed E-state index contributed by atoms with van der Waals surface area (Å²) in [6.07, 6.45) is 0. The van der Waals surface area contributed by atoms with E-state index < -0.39 is 11.6 Å². The molecule has 3 aromatic carbocycles. The molecule has 4 rings (SSSR count). The van der Waals surface area contributed by atoms with Crippen molar-refractivity contribution in [1.82, 2.24) is 10.3 Å². The van der Waals surface area contributed by atoms with E-state index in [2.05, 4.69) is 15.6 Å². The van der Waals surface area contributed by atoms with E-state index >= 15 is 0 Å². The molecule has 1 heterocycles. The number of benzene rings is 3. The Kier molecular flexibility index (Phi) is 6.02. The number of oxazole rings is 1. The van der Waals surface area contributed by atoms with Crippen LogP contribution in [0.2, 0.25) is 5.02 Å². The van der Waals surface area contributed by atoms with Crippen LogP contribution in [-0.4, -0.2) is 23.1 Å². The number of fused-ring (bicyclic) bond motifs is 1. The van der Waals surface area contributed by atoms with Gasteiger partial charge >= 0.3 is 0 Å². The van der Waals surface area contributed by atoms with E-state index in [1.165, 1.54) is 7.11 Å². The predicted octanol–water partition coefficient (Wildman–Crippen LogP) is 5.56. The van der Waals surface area contributed by atoms with E-state index in [1.807, 2.05) is 0 Å². The van der Waals surface area contributed by atoms with Crippen LogP contribution in [0.15, 0.2) is 59.0 Å². The maximum Gasteiger partial charge on any atom is 0.257 e.